The van der Waals surface area contributed by atoms with Crippen molar-refractivity contribution in [3.05, 3.63) is 0 Å². The van der Waals surface area contributed by atoms with E-state index in [1.54, 1.807) is 25.7 Å². The van der Waals surface area contributed by atoms with Crippen LogP contribution < -0.4 is 5.32 Å². The van der Waals surface area contributed by atoms with Crippen LogP contribution in [0.25, 0.3) is 0 Å². The van der Waals surface area contributed by atoms with Crippen molar-refractivity contribution in [2.24, 2.45) is 11.8 Å². The lowest BCUT2D eigenvalue weighted by atomic mass is 9.89. The van der Waals surface area contributed by atoms with Gasteiger partial charge in [-0.25, -0.2) is 0 Å². The average Bonchev–Trinajstić information content (AvgIpc) is 3.19. The molecule has 1 aliphatic carbocycles. The minimum Gasteiger partial charge on any atom is -0.460 e. The molecule has 1 saturated carbocycles. The van der Waals surface area contributed by atoms with Crippen molar-refractivity contribution in [2.75, 3.05) is 32.9 Å². The molecule has 0 unspecified atom stereocenters. The molecule has 0 bridgehead atoms. The maximum absolute atomic E-state index is 13.0. The summed E-state index contributed by atoms with van der Waals surface area (Å²) in [4.78, 5) is 39.6. The second-order valence-electron chi connectivity index (χ2n) is 9.46. The number of rotatable bonds is 9. The molecule has 0 aromatic rings. The van der Waals surface area contributed by atoms with Gasteiger partial charge in [-0.05, 0) is 33.1 Å². The zero-order valence-corrected chi connectivity index (χ0v) is 18.7. The maximum Gasteiger partial charge on any atom is 0.308 e. The van der Waals surface area contributed by atoms with Gasteiger partial charge in [-0.2, -0.15) is 0 Å². The van der Waals surface area contributed by atoms with E-state index in [1.165, 1.54) is 0 Å². The van der Waals surface area contributed by atoms with E-state index in [-0.39, 0.29) is 31.3 Å². The number of nitrogens with one attached hydrogen (secondary N) is 1. The fraction of sp³-hybridized carbons (Fsp3) is 0.864. The van der Waals surface area contributed by atoms with Crippen LogP contribution in [0.2, 0.25) is 0 Å². The molecular weight excluding hydrogens is 388 g/mol. The van der Waals surface area contributed by atoms with E-state index in [1.807, 2.05) is 0 Å². The molecule has 2 atom stereocenters. The third kappa shape index (κ3) is 8.60. The molecule has 0 aromatic heterocycles. The van der Waals surface area contributed by atoms with Crippen molar-refractivity contribution in [1.29, 1.82) is 0 Å². The van der Waals surface area contributed by atoms with E-state index in [4.69, 9.17) is 9.47 Å². The van der Waals surface area contributed by atoms with Crippen LogP contribution in [-0.2, 0) is 23.9 Å². The quantitative estimate of drug-likeness (QED) is 0.543. The first-order valence-electron chi connectivity index (χ1n) is 11.2. The van der Waals surface area contributed by atoms with Gasteiger partial charge >= 0.3 is 5.97 Å². The lowest BCUT2D eigenvalue weighted by Crippen LogP contribution is -2.46. The van der Waals surface area contributed by atoms with Crippen molar-refractivity contribution in [1.82, 2.24) is 10.2 Å². The lowest BCUT2D eigenvalue weighted by molar-refractivity contribution is -0.155. The molecule has 1 heterocycles. The summed E-state index contributed by atoms with van der Waals surface area (Å²) in [5.74, 6) is -0.804. The Bertz CT molecular complexity index is 577. The molecule has 172 valence electrons. The SMILES string of the molecule is CC(C)(C)OC(=O)C[C@@H](CO)NC(=O)[C@@H](CC(=O)N1CCOCC1)CC1CCCC1. The monoisotopic (exact) mass is 426 g/mol. The molecule has 2 aliphatic rings. The fourth-order valence-corrected chi connectivity index (χ4v) is 4.15. The topological polar surface area (TPSA) is 105 Å². The van der Waals surface area contributed by atoms with E-state index < -0.39 is 23.5 Å². The van der Waals surface area contributed by atoms with Gasteiger partial charge in [-0.15, -0.1) is 0 Å². The number of hydrogen-bond acceptors (Lipinski definition) is 6. The highest BCUT2D eigenvalue weighted by Crippen LogP contribution is 2.32. The summed E-state index contributed by atoms with van der Waals surface area (Å²) >= 11 is 0. The number of morpholine rings is 1. The van der Waals surface area contributed by atoms with Crippen LogP contribution in [0.3, 0.4) is 0 Å². The Labute approximate surface area is 179 Å². The third-order valence-electron chi connectivity index (χ3n) is 5.65. The number of nitrogens with zero attached hydrogens (tertiary/aromatic N) is 1. The first kappa shape index (κ1) is 24.6. The summed E-state index contributed by atoms with van der Waals surface area (Å²) < 4.78 is 10.6. The molecule has 1 aliphatic heterocycles. The van der Waals surface area contributed by atoms with E-state index in [0.717, 1.165) is 25.7 Å². The molecule has 0 radical (unpaired) electrons. The van der Waals surface area contributed by atoms with Crippen LogP contribution in [0.4, 0.5) is 0 Å². The van der Waals surface area contributed by atoms with Gasteiger partial charge in [0, 0.05) is 25.4 Å². The molecule has 0 aromatic carbocycles. The van der Waals surface area contributed by atoms with Crippen molar-refractivity contribution in [3.8, 4) is 0 Å². The van der Waals surface area contributed by atoms with Crippen LogP contribution in [0.5, 0.6) is 0 Å². The van der Waals surface area contributed by atoms with Crippen LogP contribution in [0.15, 0.2) is 0 Å². The van der Waals surface area contributed by atoms with E-state index in [0.29, 0.717) is 38.6 Å². The van der Waals surface area contributed by atoms with Gasteiger partial charge in [0.15, 0.2) is 0 Å². The minimum atomic E-state index is -0.725. The predicted molar refractivity (Wildman–Crippen MR) is 112 cm³/mol. The molecule has 30 heavy (non-hydrogen) atoms. The second kappa shape index (κ2) is 11.6. The van der Waals surface area contributed by atoms with Crippen molar-refractivity contribution >= 4 is 17.8 Å². The Balaban J connectivity index is 1.97. The second-order valence-corrected chi connectivity index (χ2v) is 9.46. The molecule has 2 N–H and O–H groups in total. The van der Waals surface area contributed by atoms with Crippen LogP contribution in [0.1, 0.15) is 65.7 Å². The fourth-order valence-electron chi connectivity index (χ4n) is 4.15. The highest BCUT2D eigenvalue weighted by atomic mass is 16.6. The largest absolute Gasteiger partial charge is 0.460 e. The van der Waals surface area contributed by atoms with Gasteiger partial charge in [-0.3, -0.25) is 14.4 Å². The smallest absolute Gasteiger partial charge is 0.308 e. The number of ether oxygens (including phenoxy) is 2. The Morgan fingerprint density at radius 3 is 2.33 bits per heavy atom. The van der Waals surface area contributed by atoms with Gasteiger partial charge in [0.1, 0.15) is 5.60 Å². The van der Waals surface area contributed by atoms with Gasteiger partial charge in [0.25, 0.3) is 0 Å². The number of aliphatic hydroxyl groups excluding tert-OH is 1. The molecule has 8 nitrogen and oxygen atoms in total. The number of carbonyl (C=O) groups is 3. The number of aliphatic hydroxyl groups is 1. The van der Waals surface area contributed by atoms with Gasteiger partial charge < -0.3 is 24.8 Å². The summed E-state index contributed by atoms with van der Waals surface area (Å²) in [6, 6.07) is -0.725. The first-order chi connectivity index (χ1) is 14.2. The lowest BCUT2D eigenvalue weighted by Gasteiger charge is -2.29. The van der Waals surface area contributed by atoms with Crippen LogP contribution in [-0.4, -0.2) is 72.3 Å². The normalized spacial score (nSPS) is 19.9. The number of esters is 1. The average molecular weight is 427 g/mol. The predicted octanol–water partition coefficient (Wildman–Crippen LogP) is 1.64. The minimum absolute atomic E-state index is 0.0378. The molecule has 2 fully saturated rings. The third-order valence-corrected chi connectivity index (χ3v) is 5.65. The summed E-state index contributed by atoms with van der Waals surface area (Å²) in [7, 11) is 0. The maximum atomic E-state index is 13.0. The highest BCUT2D eigenvalue weighted by Gasteiger charge is 2.31. The zero-order chi connectivity index (χ0) is 22.1. The Kier molecular flexibility index (Phi) is 9.55. The number of carbonyl (C=O) groups excluding carboxylic acids is 3. The van der Waals surface area contributed by atoms with Crippen LogP contribution in [0, 0.1) is 11.8 Å². The molecule has 0 spiro atoms. The molecular formula is C22H38N2O6. The van der Waals surface area contributed by atoms with Crippen molar-refractivity contribution < 1.29 is 29.0 Å². The van der Waals surface area contributed by atoms with E-state index in [9.17, 15) is 19.5 Å². The Morgan fingerprint density at radius 2 is 1.77 bits per heavy atom. The summed E-state index contributed by atoms with van der Waals surface area (Å²) in [6.45, 7) is 7.09. The first-order valence-corrected chi connectivity index (χ1v) is 11.2. The van der Waals surface area contributed by atoms with Gasteiger partial charge in [0.2, 0.25) is 11.8 Å². The van der Waals surface area contributed by atoms with Crippen molar-refractivity contribution in [2.45, 2.75) is 77.4 Å². The van der Waals surface area contributed by atoms with Crippen LogP contribution >= 0.6 is 0 Å². The van der Waals surface area contributed by atoms with E-state index in [2.05, 4.69) is 5.32 Å². The van der Waals surface area contributed by atoms with Gasteiger partial charge in [-0.1, -0.05) is 25.7 Å². The van der Waals surface area contributed by atoms with E-state index >= 15 is 0 Å². The Hall–Kier alpha value is -1.67. The molecule has 8 heteroatoms. The summed E-state index contributed by atoms with van der Waals surface area (Å²) in [6.07, 6.45) is 5.18. The molecule has 2 rings (SSSR count). The van der Waals surface area contributed by atoms with Gasteiger partial charge in [0.05, 0.1) is 32.3 Å². The zero-order valence-electron chi connectivity index (χ0n) is 18.7. The molecule has 1 saturated heterocycles. The molecule has 2 amide bonds. The summed E-state index contributed by atoms with van der Waals surface area (Å²) in [5.41, 5.74) is -0.628. The van der Waals surface area contributed by atoms with Crippen molar-refractivity contribution in [3.63, 3.8) is 0 Å². The highest BCUT2D eigenvalue weighted by molar-refractivity contribution is 5.86. The Morgan fingerprint density at radius 1 is 1.13 bits per heavy atom. The number of amides is 2. The standard InChI is InChI=1S/C22H38N2O6/c1-22(2,3)30-20(27)14-18(15-25)23-21(28)17(12-16-6-4-5-7-16)13-19(26)24-8-10-29-11-9-24/h16-18,25H,4-15H2,1-3H3,(H,23,28)/t17-,18+/m1/s1. The summed E-state index contributed by atoms with van der Waals surface area (Å²) in [5, 5.41) is 12.4. The number of hydrogen-bond donors (Lipinski definition) is 2.